The maximum atomic E-state index is 13.9. The van der Waals surface area contributed by atoms with Crippen LogP contribution in [0.5, 0.6) is 0 Å². The lowest BCUT2D eigenvalue weighted by Gasteiger charge is -2.31. The van der Waals surface area contributed by atoms with E-state index in [4.69, 9.17) is 0 Å². The molecular weight excluding hydrogens is 256 g/mol. The number of hydrogen-bond donors (Lipinski definition) is 1. The van der Waals surface area contributed by atoms with Crippen LogP contribution in [0.25, 0.3) is 0 Å². The first kappa shape index (κ1) is 15.4. The number of halogens is 2. The first-order valence-electron chi connectivity index (χ1n) is 7.56. The minimum atomic E-state index is -0.740. The summed E-state index contributed by atoms with van der Waals surface area (Å²) in [5, 5.41) is 3.48. The molecule has 20 heavy (non-hydrogen) atoms. The van der Waals surface area contributed by atoms with Gasteiger partial charge in [0.15, 0.2) is 11.6 Å². The fraction of sp³-hybridized carbons (Fsp3) is 0.647. The standard InChI is InChI=1S/C17H25F2N/c1-12(2)10-20-11-17(3,14-7-8-14)9-13-5-4-6-15(18)16(13)19/h4-6,12,14,20H,7-11H2,1-3H3. The molecule has 1 aromatic carbocycles. The van der Waals surface area contributed by atoms with Gasteiger partial charge in [0.05, 0.1) is 0 Å². The number of rotatable bonds is 7. The lowest BCUT2D eigenvalue weighted by molar-refractivity contribution is 0.248. The Morgan fingerprint density at radius 3 is 2.60 bits per heavy atom. The molecule has 0 aliphatic heterocycles. The molecule has 0 radical (unpaired) electrons. The van der Waals surface area contributed by atoms with Crippen molar-refractivity contribution in [1.82, 2.24) is 5.32 Å². The van der Waals surface area contributed by atoms with E-state index in [9.17, 15) is 8.78 Å². The molecule has 1 aliphatic rings. The third kappa shape index (κ3) is 3.78. The van der Waals surface area contributed by atoms with Crippen LogP contribution in [0.2, 0.25) is 0 Å². The van der Waals surface area contributed by atoms with Crippen LogP contribution < -0.4 is 5.32 Å². The molecule has 0 bridgehead atoms. The minimum absolute atomic E-state index is 0.0174. The van der Waals surface area contributed by atoms with Gasteiger partial charge in [-0.2, -0.15) is 0 Å². The Hall–Kier alpha value is -0.960. The maximum Gasteiger partial charge on any atom is 0.162 e. The second-order valence-corrected chi connectivity index (χ2v) is 6.84. The fourth-order valence-electron chi connectivity index (χ4n) is 2.90. The van der Waals surface area contributed by atoms with E-state index in [2.05, 4.69) is 26.1 Å². The zero-order valence-electron chi connectivity index (χ0n) is 12.7. The minimum Gasteiger partial charge on any atom is -0.316 e. The normalized spacial score (nSPS) is 18.3. The van der Waals surface area contributed by atoms with Crippen LogP contribution in [0, 0.1) is 28.9 Å². The first-order chi connectivity index (χ1) is 9.42. The number of nitrogens with one attached hydrogen (secondary N) is 1. The van der Waals surface area contributed by atoms with Crippen LogP contribution in [0.15, 0.2) is 18.2 Å². The van der Waals surface area contributed by atoms with Gasteiger partial charge in [-0.3, -0.25) is 0 Å². The molecule has 1 unspecified atom stereocenters. The third-order valence-corrected chi connectivity index (χ3v) is 4.27. The largest absolute Gasteiger partial charge is 0.316 e. The van der Waals surface area contributed by atoms with Gasteiger partial charge >= 0.3 is 0 Å². The van der Waals surface area contributed by atoms with Crippen LogP contribution in [0.1, 0.15) is 39.2 Å². The predicted octanol–water partition coefficient (Wildman–Crippen LogP) is 4.17. The van der Waals surface area contributed by atoms with Gasteiger partial charge in [0.25, 0.3) is 0 Å². The molecule has 2 rings (SSSR count). The molecule has 0 aromatic heterocycles. The molecule has 3 heteroatoms. The highest BCUT2D eigenvalue weighted by atomic mass is 19.2. The van der Waals surface area contributed by atoms with Crippen LogP contribution in [-0.4, -0.2) is 13.1 Å². The molecule has 0 spiro atoms. The second kappa shape index (κ2) is 6.21. The van der Waals surface area contributed by atoms with Crippen molar-refractivity contribution in [3.63, 3.8) is 0 Å². The number of benzene rings is 1. The van der Waals surface area contributed by atoms with E-state index in [1.807, 2.05) is 0 Å². The van der Waals surface area contributed by atoms with Gasteiger partial charge in [-0.25, -0.2) is 8.78 Å². The maximum absolute atomic E-state index is 13.9. The van der Waals surface area contributed by atoms with Crippen LogP contribution >= 0.6 is 0 Å². The van der Waals surface area contributed by atoms with Crippen molar-refractivity contribution in [2.75, 3.05) is 13.1 Å². The second-order valence-electron chi connectivity index (χ2n) is 6.84. The topological polar surface area (TPSA) is 12.0 Å². The summed E-state index contributed by atoms with van der Waals surface area (Å²) < 4.78 is 27.2. The molecule has 1 N–H and O–H groups in total. The van der Waals surface area contributed by atoms with E-state index in [0.29, 0.717) is 23.8 Å². The van der Waals surface area contributed by atoms with Crippen molar-refractivity contribution >= 4 is 0 Å². The van der Waals surface area contributed by atoms with Crippen molar-refractivity contribution < 1.29 is 8.78 Å². The SMILES string of the molecule is CC(C)CNCC(C)(Cc1cccc(F)c1F)C1CC1. The molecule has 1 atom stereocenters. The lowest BCUT2D eigenvalue weighted by Crippen LogP contribution is -2.37. The van der Waals surface area contributed by atoms with E-state index in [0.717, 1.165) is 13.1 Å². The van der Waals surface area contributed by atoms with Crippen molar-refractivity contribution in [2.24, 2.45) is 17.3 Å². The smallest absolute Gasteiger partial charge is 0.162 e. The molecule has 1 nitrogen and oxygen atoms in total. The summed E-state index contributed by atoms with van der Waals surface area (Å²) in [6.45, 7) is 8.38. The van der Waals surface area contributed by atoms with E-state index in [1.165, 1.54) is 18.9 Å². The summed E-state index contributed by atoms with van der Waals surface area (Å²) in [6.07, 6.45) is 3.01. The Morgan fingerprint density at radius 2 is 2.00 bits per heavy atom. The molecular formula is C17H25F2N. The first-order valence-corrected chi connectivity index (χ1v) is 7.56. The quantitative estimate of drug-likeness (QED) is 0.791. The van der Waals surface area contributed by atoms with Gasteiger partial charge in [-0.1, -0.05) is 32.9 Å². The summed E-state index contributed by atoms with van der Waals surface area (Å²) in [6, 6.07) is 4.49. The van der Waals surface area contributed by atoms with Gasteiger partial charge in [-0.15, -0.1) is 0 Å². The van der Waals surface area contributed by atoms with E-state index in [1.54, 1.807) is 12.1 Å². The van der Waals surface area contributed by atoms with Crippen molar-refractivity contribution in [2.45, 2.75) is 40.0 Å². The fourth-order valence-corrected chi connectivity index (χ4v) is 2.90. The zero-order valence-corrected chi connectivity index (χ0v) is 12.7. The highest BCUT2D eigenvalue weighted by Crippen LogP contribution is 2.47. The van der Waals surface area contributed by atoms with E-state index in [-0.39, 0.29) is 5.41 Å². The average molecular weight is 281 g/mol. The molecule has 0 heterocycles. The Morgan fingerprint density at radius 1 is 1.30 bits per heavy atom. The summed E-state index contributed by atoms with van der Waals surface area (Å²) in [5.41, 5.74) is 0.523. The van der Waals surface area contributed by atoms with Gasteiger partial charge in [0.1, 0.15) is 0 Å². The van der Waals surface area contributed by atoms with Crippen molar-refractivity contribution in [3.05, 3.63) is 35.4 Å². The molecule has 1 aliphatic carbocycles. The Kier molecular flexibility index (Phi) is 4.79. The van der Waals surface area contributed by atoms with Gasteiger partial charge in [-0.05, 0) is 54.7 Å². The van der Waals surface area contributed by atoms with Crippen LogP contribution in [0.4, 0.5) is 8.78 Å². The van der Waals surface area contributed by atoms with Gasteiger partial charge in [0.2, 0.25) is 0 Å². The monoisotopic (exact) mass is 281 g/mol. The number of hydrogen-bond acceptors (Lipinski definition) is 1. The molecule has 1 fully saturated rings. The summed E-state index contributed by atoms with van der Waals surface area (Å²) in [5.74, 6) is -0.187. The van der Waals surface area contributed by atoms with Gasteiger partial charge in [0, 0.05) is 6.54 Å². The molecule has 112 valence electrons. The summed E-state index contributed by atoms with van der Waals surface area (Å²) in [7, 11) is 0. The van der Waals surface area contributed by atoms with E-state index >= 15 is 0 Å². The van der Waals surface area contributed by atoms with Gasteiger partial charge < -0.3 is 5.32 Å². The average Bonchev–Trinajstić information content (AvgIpc) is 3.19. The highest BCUT2D eigenvalue weighted by Gasteiger charge is 2.41. The van der Waals surface area contributed by atoms with Crippen molar-refractivity contribution in [1.29, 1.82) is 0 Å². The summed E-state index contributed by atoms with van der Waals surface area (Å²) in [4.78, 5) is 0. The lowest BCUT2D eigenvalue weighted by atomic mass is 9.78. The Labute approximate surface area is 120 Å². The molecule has 1 aromatic rings. The highest BCUT2D eigenvalue weighted by molar-refractivity contribution is 5.21. The van der Waals surface area contributed by atoms with E-state index < -0.39 is 11.6 Å². The molecule has 0 amide bonds. The molecule has 1 saturated carbocycles. The Balaban J connectivity index is 2.06. The zero-order chi connectivity index (χ0) is 14.8. The summed E-state index contributed by atoms with van der Waals surface area (Å²) >= 11 is 0. The van der Waals surface area contributed by atoms with Crippen molar-refractivity contribution in [3.8, 4) is 0 Å². The van der Waals surface area contributed by atoms with Crippen LogP contribution in [0.3, 0.4) is 0 Å². The van der Waals surface area contributed by atoms with Crippen LogP contribution in [-0.2, 0) is 6.42 Å². The third-order valence-electron chi connectivity index (χ3n) is 4.27. The predicted molar refractivity (Wildman–Crippen MR) is 78.6 cm³/mol. The molecule has 0 saturated heterocycles. The Bertz CT molecular complexity index is 454.